The van der Waals surface area contributed by atoms with Crippen LogP contribution in [0.5, 0.6) is 5.75 Å². The summed E-state index contributed by atoms with van der Waals surface area (Å²) in [6, 6.07) is 8.00. The molecular formula is C13H17IO2. The molecule has 1 N–H and O–H groups in total. The van der Waals surface area contributed by atoms with Crippen LogP contribution >= 0.6 is 22.6 Å². The Labute approximate surface area is 110 Å². The monoisotopic (exact) mass is 332 g/mol. The first-order valence-electron chi connectivity index (χ1n) is 5.86. The van der Waals surface area contributed by atoms with Crippen LogP contribution in [0.3, 0.4) is 0 Å². The minimum atomic E-state index is -0.304. The van der Waals surface area contributed by atoms with Crippen LogP contribution < -0.4 is 4.74 Å². The van der Waals surface area contributed by atoms with Crippen molar-refractivity contribution < 1.29 is 9.84 Å². The van der Waals surface area contributed by atoms with Crippen LogP contribution in [0.1, 0.15) is 32.1 Å². The number of hydrogen-bond donors (Lipinski definition) is 1. The molecule has 1 aliphatic rings. The Kier molecular flexibility index (Phi) is 4.46. The molecule has 1 fully saturated rings. The van der Waals surface area contributed by atoms with E-state index in [4.69, 9.17) is 4.74 Å². The van der Waals surface area contributed by atoms with E-state index in [9.17, 15) is 5.11 Å². The Morgan fingerprint density at radius 1 is 1.06 bits per heavy atom. The zero-order chi connectivity index (χ0) is 11.4. The summed E-state index contributed by atoms with van der Waals surface area (Å²) in [5.41, 5.74) is 0. The average molecular weight is 332 g/mol. The van der Waals surface area contributed by atoms with E-state index in [-0.39, 0.29) is 12.2 Å². The van der Waals surface area contributed by atoms with Gasteiger partial charge in [0.2, 0.25) is 0 Å². The second kappa shape index (κ2) is 5.87. The highest BCUT2D eigenvalue weighted by Crippen LogP contribution is 2.23. The van der Waals surface area contributed by atoms with Gasteiger partial charge in [-0.05, 0) is 66.1 Å². The van der Waals surface area contributed by atoms with Gasteiger partial charge in [0.1, 0.15) is 11.9 Å². The Hall–Kier alpha value is -0.290. The van der Waals surface area contributed by atoms with Gasteiger partial charge in [-0.1, -0.05) is 12.8 Å². The number of rotatable bonds is 2. The van der Waals surface area contributed by atoms with Gasteiger partial charge in [-0.15, -0.1) is 0 Å². The number of halogens is 1. The van der Waals surface area contributed by atoms with Gasteiger partial charge < -0.3 is 9.84 Å². The van der Waals surface area contributed by atoms with Crippen molar-refractivity contribution in [3.63, 3.8) is 0 Å². The summed E-state index contributed by atoms with van der Waals surface area (Å²) in [6.07, 6.45) is 5.00. The number of hydrogen-bond acceptors (Lipinski definition) is 2. The van der Waals surface area contributed by atoms with E-state index in [1.165, 1.54) is 9.99 Å². The maximum Gasteiger partial charge on any atom is 0.124 e. The molecule has 88 valence electrons. The predicted octanol–water partition coefficient (Wildman–Crippen LogP) is 3.36. The normalized spacial score (nSPS) is 26.1. The maximum atomic E-state index is 9.94. The first kappa shape index (κ1) is 12.2. The lowest BCUT2D eigenvalue weighted by atomic mass is 10.1. The molecule has 1 aromatic carbocycles. The average Bonchev–Trinajstić information content (AvgIpc) is 2.48. The Morgan fingerprint density at radius 3 is 2.50 bits per heavy atom. The molecule has 1 aliphatic carbocycles. The highest BCUT2D eigenvalue weighted by Gasteiger charge is 2.22. The van der Waals surface area contributed by atoms with E-state index in [1.54, 1.807) is 0 Å². The molecule has 0 aliphatic heterocycles. The van der Waals surface area contributed by atoms with Gasteiger partial charge in [0, 0.05) is 3.57 Å². The summed E-state index contributed by atoms with van der Waals surface area (Å²) in [4.78, 5) is 0. The fourth-order valence-electron chi connectivity index (χ4n) is 2.08. The summed E-state index contributed by atoms with van der Waals surface area (Å²) in [5, 5.41) is 9.94. The minimum absolute atomic E-state index is 0.0254. The molecule has 0 amide bonds. The van der Waals surface area contributed by atoms with Crippen LogP contribution in [0.15, 0.2) is 24.3 Å². The van der Waals surface area contributed by atoms with Gasteiger partial charge in [0.15, 0.2) is 0 Å². The fraction of sp³-hybridized carbons (Fsp3) is 0.538. The Bertz CT molecular complexity index is 323. The third-order valence-corrected chi connectivity index (χ3v) is 3.74. The van der Waals surface area contributed by atoms with E-state index >= 15 is 0 Å². The van der Waals surface area contributed by atoms with E-state index in [0.717, 1.165) is 31.4 Å². The molecule has 1 saturated carbocycles. The summed E-state index contributed by atoms with van der Waals surface area (Å²) < 4.78 is 7.05. The molecular weight excluding hydrogens is 315 g/mol. The Balaban J connectivity index is 1.99. The highest BCUT2D eigenvalue weighted by atomic mass is 127. The lowest BCUT2D eigenvalue weighted by Crippen LogP contribution is -2.30. The van der Waals surface area contributed by atoms with Crippen molar-refractivity contribution in [3.05, 3.63) is 27.8 Å². The molecule has 2 atom stereocenters. The molecule has 16 heavy (non-hydrogen) atoms. The van der Waals surface area contributed by atoms with E-state index in [2.05, 4.69) is 22.6 Å². The van der Waals surface area contributed by atoms with Crippen LogP contribution in [0.2, 0.25) is 0 Å². The maximum absolute atomic E-state index is 9.94. The number of aliphatic hydroxyl groups is 1. The van der Waals surface area contributed by atoms with Gasteiger partial charge in [0.25, 0.3) is 0 Å². The second-order valence-electron chi connectivity index (χ2n) is 4.32. The summed E-state index contributed by atoms with van der Waals surface area (Å²) in [6.45, 7) is 0. The quantitative estimate of drug-likeness (QED) is 0.665. The molecule has 1 aromatic rings. The molecule has 2 unspecified atom stereocenters. The topological polar surface area (TPSA) is 29.5 Å². The summed E-state index contributed by atoms with van der Waals surface area (Å²) >= 11 is 2.27. The van der Waals surface area contributed by atoms with E-state index in [0.29, 0.717) is 0 Å². The van der Waals surface area contributed by atoms with Crippen molar-refractivity contribution in [1.82, 2.24) is 0 Å². The molecule has 2 nitrogen and oxygen atoms in total. The van der Waals surface area contributed by atoms with Gasteiger partial charge in [-0.2, -0.15) is 0 Å². The number of ether oxygens (including phenoxy) is 1. The molecule has 0 heterocycles. The number of aliphatic hydroxyl groups excluding tert-OH is 1. The molecule has 0 aromatic heterocycles. The molecule has 0 radical (unpaired) electrons. The minimum Gasteiger partial charge on any atom is -0.488 e. The van der Waals surface area contributed by atoms with Crippen molar-refractivity contribution in [2.45, 2.75) is 44.3 Å². The first-order chi connectivity index (χ1) is 7.75. The van der Waals surface area contributed by atoms with Crippen molar-refractivity contribution >= 4 is 22.6 Å². The third-order valence-electron chi connectivity index (χ3n) is 3.02. The molecule has 0 bridgehead atoms. The smallest absolute Gasteiger partial charge is 0.124 e. The first-order valence-corrected chi connectivity index (χ1v) is 6.94. The summed E-state index contributed by atoms with van der Waals surface area (Å²) in [5.74, 6) is 0.867. The molecule has 3 heteroatoms. The van der Waals surface area contributed by atoms with Crippen molar-refractivity contribution in [2.75, 3.05) is 0 Å². The zero-order valence-corrected chi connectivity index (χ0v) is 11.4. The SMILES string of the molecule is OC1CCCCCC1Oc1ccc(I)cc1. The van der Waals surface area contributed by atoms with Crippen molar-refractivity contribution in [3.8, 4) is 5.75 Å². The van der Waals surface area contributed by atoms with Crippen LogP contribution in [0.25, 0.3) is 0 Å². The largest absolute Gasteiger partial charge is 0.488 e. The second-order valence-corrected chi connectivity index (χ2v) is 5.56. The highest BCUT2D eigenvalue weighted by molar-refractivity contribution is 14.1. The summed E-state index contributed by atoms with van der Waals surface area (Å²) in [7, 11) is 0. The van der Waals surface area contributed by atoms with E-state index < -0.39 is 0 Å². The molecule has 2 rings (SSSR count). The van der Waals surface area contributed by atoms with Crippen LogP contribution in [0.4, 0.5) is 0 Å². The molecule has 0 spiro atoms. The molecule has 0 saturated heterocycles. The fourth-order valence-corrected chi connectivity index (χ4v) is 2.44. The van der Waals surface area contributed by atoms with Gasteiger partial charge in [-0.3, -0.25) is 0 Å². The van der Waals surface area contributed by atoms with Gasteiger partial charge in [-0.25, -0.2) is 0 Å². The van der Waals surface area contributed by atoms with Crippen LogP contribution in [-0.2, 0) is 0 Å². The number of benzene rings is 1. The van der Waals surface area contributed by atoms with Gasteiger partial charge >= 0.3 is 0 Å². The predicted molar refractivity (Wildman–Crippen MR) is 72.7 cm³/mol. The lowest BCUT2D eigenvalue weighted by Gasteiger charge is -2.21. The Morgan fingerprint density at radius 2 is 1.75 bits per heavy atom. The third kappa shape index (κ3) is 3.35. The van der Waals surface area contributed by atoms with E-state index in [1.807, 2.05) is 24.3 Å². The van der Waals surface area contributed by atoms with Gasteiger partial charge in [0.05, 0.1) is 6.10 Å². The zero-order valence-electron chi connectivity index (χ0n) is 9.23. The van der Waals surface area contributed by atoms with Crippen LogP contribution in [-0.4, -0.2) is 17.3 Å². The van der Waals surface area contributed by atoms with Crippen molar-refractivity contribution in [2.24, 2.45) is 0 Å². The standard InChI is InChI=1S/C13H17IO2/c14-10-6-8-11(9-7-10)16-13-5-3-1-2-4-12(13)15/h6-9,12-13,15H,1-5H2. The van der Waals surface area contributed by atoms with Crippen molar-refractivity contribution in [1.29, 1.82) is 0 Å². The van der Waals surface area contributed by atoms with Crippen LogP contribution in [0, 0.1) is 3.57 Å². The lowest BCUT2D eigenvalue weighted by molar-refractivity contribution is 0.0320.